The van der Waals surface area contributed by atoms with Crippen molar-refractivity contribution in [1.29, 1.82) is 0 Å². The van der Waals surface area contributed by atoms with Crippen LogP contribution in [0.3, 0.4) is 0 Å². The molecule has 6 nitrogen and oxygen atoms in total. The number of morpholine rings is 1. The van der Waals surface area contributed by atoms with Crippen LogP contribution in [0.15, 0.2) is 24.3 Å². The van der Waals surface area contributed by atoms with Gasteiger partial charge in [-0.1, -0.05) is 25.3 Å². The predicted molar refractivity (Wildman–Crippen MR) is 93.7 cm³/mol. The third-order valence-corrected chi connectivity index (χ3v) is 5.10. The number of carbonyl (C=O) groups is 2. The SMILES string of the molecule is COc1cccc(C(=O)NCC(=O)N2CCOC3(CCCCC3)C2)c1. The summed E-state index contributed by atoms with van der Waals surface area (Å²) in [6.07, 6.45) is 5.61. The van der Waals surface area contributed by atoms with Crippen molar-refractivity contribution in [1.82, 2.24) is 10.2 Å². The first-order chi connectivity index (χ1) is 12.1. The zero-order valence-electron chi connectivity index (χ0n) is 14.8. The fourth-order valence-corrected chi connectivity index (χ4v) is 3.69. The Bertz CT molecular complexity index is 620. The van der Waals surface area contributed by atoms with Crippen molar-refractivity contribution in [3.05, 3.63) is 29.8 Å². The van der Waals surface area contributed by atoms with Crippen molar-refractivity contribution in [2.24, 2.45) is 0 Å². The van der Waals surface area contributed by atoms with E-state index in [4.69, 9.17) is 9.47 Å². The third-order valence-electron chi connectivity index (χ3n) is 5.10. The fourth-order valence-electron chi connectivity index (χ4n) is 3.69. The van der Waals surface area contributed by atoms with Crippen LogP contribution in [0.2, 0.25) is 0 Å². The summed E-state index contributed by atoms with van der Waals surface area (Å²) in [5, 5.41) is 2.71. The molecule has 1 spiro atoms. The molecule has 1 saturated heterocycles. The van der Waals surface area contributed by atoms with Gasteiger partial charge in [0.15, 0.2) is 0 Å². The molecule has 2 aliphatic rings. The highest BCUT2D eigenvalue weighted by atomic mass is 16.5. The second kappa shape index (κ2) is 7.87. The van der Waals surface area contributed by atoms with Gasteiger partial charge in [-0.15, -0.1) is 0 Å². The minimum absolute atomic E-state index is 0.00607. The molecule has 25 heavy (non-hydrogen) atoms. The highest BCUT2D eigenvalue weighted by Crippen LogP contribution is 2.34. The van der Waals surface area contributed by atoms with Crippen LogP contribution in [0, 0.1) is 0 Å². The Hall–Kier alpha value is -2.08. The number of hydrogen-bond donors (Lipinski definition) is 1. The highest BCUT2D eigenvalue weighted by Gasteiger charge is 2.39. The summed E-state index contributed by atoms with van der Waals surface area (Å²) in [6, 6.07) is 6.89. The molecule has 2 fully saturated rings. The van der Waals surface area contributed by atoms with Crippen LogP contribution >= 0.6 is 0 Å². The number of amides is 2. The maximum absolute atomic E-state index is 12.5. The van der Waals surface area contributed by atoms with Crippen LogP contribution in [-0.4, -0.2) is 55.7 Å². The van der Waals surface area contributed by atoms with Gasteiger partial charge in [0.2, 0.25) is 5.91 Å². The number of ether oxygens (including phenoxy) is 2. The molecular formula is C19H26N2O4. The molecule has 1 heterocycles. The Morgan fingerprint density at radius 2 is 2.08 bits per heavy atom. The van der Waals surface area contributed by atoms with Crippen LogP contribution in [0.5, 0.6) is 5.75 Å². The summed E-state index contributed by atoms with van der Waals surface area (Å²) in [7, 11) is 1.56. The van der Waals surface area contributed by atoms with Gasteiger partial charge in [-0.25, -0.2) is 0 Å². The molecule has 1 aromatic carbocycles. The largest absolute Gasteiger partial charge is 0.497 e. The van der Waals surface area contributed by atoms with E-state index in [1.807, 2.05) is 4.90 Å². The predicted octanol–water partition coefficient (Wildman–Crippen LogP) is 1.99. The van der Waals surface area contributed by atoms with E-state index in [2.05, 4.69) is 5.32 Å². The summed E-state index contributed by atoms with van der Waals surface area (Å²) in [5.74, 6) is 0.295. The summed E-state index contributed by atoms with van der Waals surface area (Å²) < 4.78 is 11.1. The van der Waals surface area contributed by atoms with Gasteiger partial charge in [0.1, 0.15) is 5.75 Å². The van der Waals surface area contributed by atoms with E-state index in [9.17, 15) is 9.59 Å². The lowest BCUT2D eigenvalue weighted by Crippen LogP contribution is -2.56. The highest BCUT2D eigenvalue weighted by molar-refractivity contribution is 5.96. The van der Waals surface area contributed by atoms with Crippen LogP contribution in [-0.2, 0) is 9.53 Å². The molecule has 1 aliphatic carbocycles. The molecule has 0 radical (unpaired) electrons. The lowest BCUT2D eigenvalue weighted by molar-refractivity contribution is -0.155. The third kappa shape index (κ3) is 4.31. The molecular weight excluding hydrogens is 320 g/mol. The van der Waals surface area contributed by atoms with Gasteiger partial charge in [-0.05, 0) is 31.0 Å². The molecule has 2 amide bonds. The van der Waals surface area contributed by atoms with Crippen LogP contribution in [0.4, 0.5) is 0 Å². The topological polar surface area (TPSA) is 67.9 Å². The number of rotatable bonds is 4. The number of methoxy groups -OCH3 is 1. The minimum Gasteiger partial charge on any atom is -0.497 e. The summed E-state index contributed by atoms with van der Waals surface area (Å²) in [6.45, 7) is 1.82. The van der Waals surface area contributed by atoms with Crippen molar-refractivity contribution < 1.29 is 19.1 Å². The Morgan fingerprint density at radius 3 is 2.84 bits per heavy atom. The Balaban J connectivity index is 1.54. The van der Waals surface area contributed by atoms with Gasteiger partial charge >= 0.3 is 0 Å². The van der Waals surface area contributed by atoms with E-state index in [0.29, 0.717) is 31.0 Å². The maximum Gasteiger partial charge on any atom is 0.251 e. The number of nitrogens with zero attached hydrogens (tertiary/aromatic N) is 1. The number of hydrogen-bond acceptors (Lipinski definition) is 4. The fraction of sp³-hybridized carbons (Fsp3) is 0.579. The van der Waals surface area contributed by atoms with Crippen molar-refractivity contribution >= 4 is 11.8 Å². The van der Waals surface area contributed by atoms with E-state index < -0.39 is 0 Å². The average molecular weight is 346 g/mol. The lowest BCUT2D eigenvalue weighted by atomic mass is 9.83. The molecule has 0 unspecified atom stereocenters. The van der Waals surface area contributed by atoms with Gasteiger partial charge in [0, 0.05) is 18.7 Å². The minimum atomic E-state index is -0.270. The molecule has 136 valence electrons. The number of nitrogens with one attached hydrogen (secondary N) is 1. The quantitative estimate of drug-likeness (QED) is 0.905. The van der Waals surface area contributed by atoms with E-state index >= 15 is 0 Å². The standard InChI is InChI=1S/C19H26N2O4/c1-24-16-7-5-6-15(12-16)18(23)20-13-17(22)21-10-11-25-19(14-21)8-3-2-4-9-19/h5-7,12H,2-4,8-11,13-14H2,1H3,(H,20,23). The van der Waals surface area contributed by atoms with Gasteiger partial charge in [0.25, 0.3) is 5.91 Å². The van der Waals surface area contributed by atoms with Gasteiger partial charge in [-0.2, -0.15) is 0 Å². The van der Waals surface area contributed by atoms with Crippen molar-refractivity contribution in [3.63, 3.8) is 0 Å². The summed E-state index contributed by atoms with van der Waals surface area (Å²) >= 11 is 0. The Kier molecular flexibility index (Phi) is 5.58. The zero-order chi connectivity index (χ0) is 17.7. The molecule has 1 N–H and O–H groups in total. The first kappa shape index (κ1) is 17.7. The first-order valence-corrected chi connectivity index (χ1v) is 8.96. The van der Waals surface area contributed by atoms with Crippen molar-refractivity contribution in [2.75, 3.05) is 33.4 Å². The molecule has 1 aromatic rings. The van der Waals surface area contributed by atoms with Gasteiger partial charge in [-0.3, -0.25) is 9.59 Å². The lowest BCUT2D eigenvalue weighted by Gasteiger charge is -2.45. The average Bonchev–Trinajstić information content (AvgIpc) is 2.66. The molecule has 0 atom stereocenters. The summed E-state index contributed by atoms with van der Waals surface area (Å²) in [4.78, 5) is 26.6. The van der Waals surface area contributed by atoms with Crippen LogP contribution in [0.1, 0.15) is 42.5 Å². The molecule has 0 aromatic heterocycles. The zero-order valence-corrected chi connectivity index (χ0v) is 14.8. The Labute approximate surface area is 148 Å². The molecule has 1 aliphatic heterocycles. The molecule has 6 heteroatoms. The van der Waals surface area contributed by atoms with Crippen molar-refractivity contribution in [2.45, 2.75) is 37.7 Å². The van der Waals surface area contributed by atoms with E-state index in [0.717, 1.165) is 25.7 Å². The Morgan fingerprint density at radius 1 is 1.28 bits per heavy atom. The second-order valence-electron chi connectivity index (χ2n) is 6.82. The smallest absolute Gasteiger partial charge is 0.251 e. The van der Waals surface area contributed by atoms with Crippen LogP contribution < -0.4 is 10.1 Å². The van der Waals surface area contributed by atoms with E-state index in [1.165, 1.54) is 6.42 Å². The van der Waals surface area contributed by atoms with Gasteiger partial charge in [0.05, 0.1) is 25.9 Å². The number of benzene rings is 1. The molecule has 0 bridgehead atoms. The van der Waals surface area contributed by atoms with E-state index in [1.54, 1.807) is 31.4 Å². The van der Waals surface area contributed by atoms with E-state index in [-0.39, 0.29) is 24.0 Å². The normalized spacial score (nSPS) is 19.5. The van der Waals surface area contributed by atoms with Crippen molar-refractivity contribution in [3.8, 4) is 5.75 Å². The first-order valence-electron chi connectivity index (χ1n) is 8.96. The molecule has 3 rings (SSSR count). The summed E-state index contributed by atoms with van der Waals surface area (Å²) in [5.41, 5.74) is 0.320. The van der Waals surface area contributed by atoms with Crippen LogP contribution in [0.25, 0.3) is 0 Å². The monoisotopic (exact) mass is 346 g/mol. The second-order valence-corrected chi connectivity index (χ2v) is 6.82. The number of carbonyl (C=O) groups excluding carboxylic acids is 2. The molecule has 1 saturated carbocycles. The van der Waals surface area contributed by atoms with Gasteiger partial charge < -0.3 is 19.7 Å². The maximum atomic E-state index is 12.5.